The summed E-state index contributed by atoms with van der Waals surface area (Å²) in [4.78, 5) is 14.6. The lowest BCUT2D eigenvalue weighted by Gasteiger charge is -1.85. The van der Waals surface area contributed by atoms with E-state index in [9.17, 15) is 4.79 Å². The highest BCUT2D eigenvalue weighted by Crippen LogP contribution is 2.40. The Morgan fingerprint density at radius 3 is 2.90 bits per heavy atom. The molecule has 1 fully saturated rings. The minimum absolute atomic E-state index is 0.219. The molecule has 2 N–H and O–H groups in total. The summed E-state index contributed by atoms with van der Waals surface area (Å²) >= 11 is 1.49. The first-order valence-electron chi connectivity index (χ1n) is 2.92. The van der Waals surface area contributed by atoms with Gasteiger partial charge in [-0.2, -0.15) is 0 Å². The Balaban J connectivity index is 2.18. The average molecular weight is 158 g/mol. The minimum atomic E-state index is -0.792. The number of aliphatic imine (C=N–C) groups is 1. The van der Waals surface area contributed by atoms with Crippen LogP contribution in [0.4, 0.5) is 0 Å². The zero-order valence-corrected chi connectivity index (χ0v) is 5.98. The van der Waals surface area contributed by atoms with Crippen LogP contribution in [0.3, 0.4) is 0 Å². The largest absolute Gasteiger partial charge is 0.420 e. The maximum atomic E-state index is 10.6. The van der Waals surface area contributed by atoms with Gasteiger partial charge in [-0.1, -0.05) is 0 Å². The van der Waals surface area contributed by atoms with Crippen LogP contribution in [0, 0.1) is 0 Å². The number of hydrogen-bond acceptors (Lipinski definition) is 5. The van der Waals surface area contributed by atoms with Gasteiger partial charge in [-0.25, -0.2) is 9.79 Å². The van der Waals surface area contributed by atoms with E-state index in [-0.39, 0.29) is 5.97 Å². The lowest BCUT2D eigenvalue weighted by atomic mass is 10.4. The van der Waals surface area contributed by atoms with Gasteiger partial charge >= 0.3 is 11.7 Å². The summed E-state index contributed by atoms with van der Waals surface area (Å²) in [6.45, 7) is 0.406. The van der Waals surface area contributed by atoms with Crippen molar-refractivity contribution in [1.29, 1.82) is 0 Å². The van der Waals surface area contributed by atoms with Crippen LogP contribution >= 0.6 is 11.8 Å². The fraction of sp³-hybridized carbons (Fsp3) is 0.600. The summed E-state index contributed by atoms with van der Waals surface area (Å²) in [7, 11) is 0. The zero-order valence-electron chi connectivity index (χ0n) is 5.16. The zero-order chi connectivity index (χ0) is 7.19. The molecule has 1 spiro atoms. The van der Waals surface area contributed by atoms with Gasteiger partial charge in [-0.05, 0) is 0 Å². The van der Waals surface area contributed by atoms with E-state index < -0.39 is 5.72 Å². The lowest BCUT2D eigenvalue weighted by Crippen LogP contribution is -2.09. The second kappa shape index (κ2) is 1.73. The number of ether oxygens (including phenoxy) is 1. The molecule has 0 saturated carbocycles. The second-order valence-corrected chi connectivity index (χ2v) is 3.22. The molecule has 54 valence electrons. The van der Waals surface area contributed by atoms with Gasteiger partial charge in [0.2, 0.25) is 0 Å². The summed E-state index contributed by atoms with van der Waals surface area (Å²) < 4.78 is 4.69. The van der Waals surface area contributed by atoms with E-state index in [1.165, 1.54) is 11.8 Å². The van der Waals surface area contributed by atoms with Crippen LogP contribution in [0.1, 0.15) is 0 Å². The van der Waals surface area contributed by atoms with E-state index in [4.69, 9.17) is 10.5 Å². The monoisotopic (exact) mass is 158 g/mol. The Hall–Kier alpha value is -0.550. The minimum Gasteiger partial charge on any atom is -0.420 e. The smallest absolute Gasteiger partial charge is 0.378 e. The molecular formula is C5H6N2O2S. The fourth-order valence-corrected chi connectivity index (χ4v) is 1.77. The maximum Gasteiger partial charge on any atom is 0.378 e. The van der Waals surface area contributed by atoms with Crippen LogP contribution in [0.25, 0.3) is 0 Å². The molecule has 0 amide bonds. The van der Waals surface area contributed by atoms with Crippen molar-refractivity contribution in [2.24, 2.45) is 10.7 Å². The fourth-order valence-electron chi connectivity index (χ4n) is 0.836. The molecule has 2 aliphatic rings. The molecule has 0 bridgehead atoms. The Labute approximate surface area is 61.8 Å². The first-order valence-corrected chi connectivity index (χ1v) is 3.90. The summed E-state index contributed by atoms with van der Waals surface area (Å²) in [5, 5.41) is 0.811. The molecule has 0 aromatic rings. The number of carbonyl (C=O) groups is 1. The Morgan fingerprint density at radius 2 is 2.60 bits per heavy atom. The number of rotatable bonds is 1. The second-order valence-electron chi connectivity index (χ2n) is 2.17. The van der Waals surface area contributed by atoms with E-state index in [0.717, 1.165) is 5.04 Å². The summed E-state index contributed by atoms with van der Waals surface area (Å²) in [6, 6.07) is 0. The molecule has 1 atom stereocenters. The predicted molar refractivity (Wildman–Crippen MR) is 37.8 cm³/mol. The van der Waals surface area contributed by atoms with Gasteiger partial charge in [0.05, 0.1) is 10.8 Å². The molecule has 0 radical (unpaired) electrons. The Bertz CT molecular complexity index is 228. The Morgan fingerprint density at radius 1 is 1.90 bits per heavy atom. The van der Waals surface area contributed by atoms with E-state index in [1.54, 1.807) is 0 Å². The first kappa shape index (κ1) is 6.18. The van der Waals surface area contributed by atoms with Crippen LogP contribution in [0.2, 0.25) is 0 Å². The number of hydrogen-bond donors (Lipinski definition) is 1. The molecule has 0 aromatic carbocycles. The topological polar surface area (TPSA) is 68.0 Å². The molecule has 0 aromatic heterocycles. The van der Waals surface area contributed by atoms with Crippen LogP contribution < -0.4 is 5.73 Å². The van der Waals surface area contributed by atoms with Crippen molar-refractivity contribution in [2.75, 3.05) is 12.3 Å². The van der Waals surface area contributed by atoms with Crippen LogP contribution in [0.15, 0.2) is 4.99 Å². The maximum absolute atomic E-state index is 10.6. The number of epoxide rings is 1. The van der Waals surface area contributed by atoms with Gasteiger partial charge in [0.15, 0.2) is 0 Å². The molecular weight excluding hydrogens is 152 g/mol. The van der Waals surface area contributed by atoms with Crippen molar-refractivity contribution in [3.8, 4) is 0 Å². The van der Waals surface area contributed by atoms with Crippen LogP contribution in [-0.4, -0.2) is 29.0 Å². The van der Waals surface area contributed by atoms with Crippen molar-refractivity contribution in [3.05, 3.63) is 0 Å². The molecule has 1 saturated heterocycles. The van der Waals surface area contributed by atoms with Crippen LogP contribution in [-0.2, 0) is 9.53 Å². The van der Waals surface area contributed by atoms with Crippen molar-refractivity contribution in [2.45, 2.75) is 5.72 Å². The quantitative estimate of drug-likeness (QED) is 0.514. The summed E-state index contributed by atoms with van der Waals surface area (Å²) in [6.07, 6.45) is 0. The third-order valence-corrected chi connectivity index (χ3v) is 2.58. The SMILES string of the molecule is NCC1=NC2(CS1)OC2=O. The first-order chi connectivity index (χ1) is 4.77. The van der Waals surface area contributed by atoms with Gasteiger partial charge in [0, 0.05) is 6.54 Å². The van der Waals surface area contributed by atoms with Crippen molar-refractivity contribution in [1.82, 2.24) is 0 Å². The molecule has 10 heavy (non-hydrogen) atoms. The van der Waals surface area contributed by atoms with Gasteiger partial charge in [-0.3, -0.25) is 0 Å². The molecule has 2 heterocycles. The molecule has 0 aliphatic carbocycles. The molecule has 4 nitrogen and oxygen atoms in total. The average Bonchev–Trinajstić information content (AvgIpc) is 2.43. The highest BCUT2D eigenvalue weighted by Gasteiger charge is 2.61. The summed E-state index contributed by atoms with van der Waals surface area (Å²) in [5.41, 5.74) is 4.52. The van der Waals surface area contributed by atoms with Crippen molar-refractivity contribution >= 4 is 22.8 Å². The predicted octanol–water partition coefficient (Wildman–Crippen LogP) is -0.657. The third kappa shape index (κ3) is 0.674. The van der Waals surface area contributed by atoms with E-state index in [0.29, 0.717) is 12.3 Å². The highest BCUT2D eigenvalue weighted by atomic mass is 32.2. The van der Waals surface area contributed by atoms with E-state index >= 15 is 0 Å². The number of nitrogens with two attached hydrogens (primary N) is 1. The molecule has 2 aliphatic heterocycles. The van der Waals surface area contributed by atoms with Crippen molar-refractivity contribution < 1.29 is 9.53 Å². The van der Waals surface area contributed by atoms with E-state index in [2.05, 4.69) is 4.99 Å². The van der Waals surface area contributed by atoms with Gasteiger partial charge in [-0.15, -0.1) is 11.8 Å². The van der Waals surface area contributed by atoms with Crippen LogP contribution in [0.5, 0.6) is 0 Å². The van der Waals surface area contributed by atoms with Crippen molar-refractivity contribution in [3.63, 3.8) is 0 Å². The van der Waals surface area contributed by atoms with Gasteiger partial charge in [0.1, 0.15) is 0 Å². The standard InChI is InChI=1S/C5H6N2O2S/c6-1-3-7-5(2-10-3)4(8)9-5/h1-2,6H2. The van der Waals surface area contributed by atoms with Gasteiger partial charge in [0.25, 0.3) is 0 Å². The van der Waals surface area contributed by atoms with Gasteiger partial charge < -0.3 is 10.5 Å². The summed E-state index contributed by atoms with van der Waals surface area (Å²) in [5.74, 6) is 0.390. The lowest BCUT2D eigenvalue weighted by molar-refractivity contribution is -0.117. The molecule has 5 heteroatoms. The van der Waals surface area contributed by atoms with E-state index in [1.807, 2.05) is 0 Å². The normalized spacial score (nSPS) is 36.1. The molecule has 2 rings (SSSR count). The number of thioether (sulfide) groups is 1. The third-order valence-electron chi connectivity index (χ3n) is 1.45. The Kier molecular flexibility index (Phi) is 1.07. The number of nitrogens with zero attached hydrogens (tertiary/aromatic N) is 1. The molecule has 1 unspecified atom stereocenters. The number of carbonyl (C=O) groups excluding carboxylic acids is 1. The highest BCUT2D eigenvalue weighted by molar-refractivity contribution is 8.14.